The Hall–Kier alpha value is -2.17. The molecule has 23 heavy (non-hydrogen) atoms. The number of aryl methyl sites for hydroxylation is 1. The van der Waals surface area contributed by atoms with Crippen molar-refractivity contribution in [3.05, 3.63) is 48.0 Å². The first-order chi connectivity index (χ1) is 11.1. The van der Waals surface area contributed by atoms with Crippen LogP contribution in [-0.2, 0) is 17.3 Å². The second kappa shape index (κ2) is 6.52. The average molecular weight is 312 g/mol. The summed E-state index contributed by atoms with van der Waals surface area (Å²) in [6.45, 7) is 1.96. The van der Waals surface area contributed by atoms with E-state index in [1.54, 1.807) is 4.68 Å². The van der Waals surface area contributed by atoms with Gasteiger partial charge in [0.05, 0.1) is 11.5 Å². The van der Waals surface area contributed by atoms with Crippen molar-refractivity contribution in [2.75, 3.05) is 0 Å². The molecule has 0 radical (unpaired) electrons. The Morgan fingerprint density at radius 3 is 2.52 bits per heavy atom. The van der Waals surface area contributed by atoms with Gasteiger partial charge in [-0.05, 0) is 25.3 Å². The molecule has 0 spiro atoms. The largest absolute Gasteiger partial charge is 0.346 e. The highest BCUT2D eigenvalue weighted by atomic mass is 16.2. The first kappa shape index (κ1) is 15.7. The van der Waals surface area contributed by atoms with Crippen molar-refractivity contribution in [3.63, 3.8) is 0 Å². The number of aromatic nitrogens is 3. The van der Waals surface area contributed by atoms with E-state index in [-0.39, 0.29) is 11.9 Å². The summed E-state index contributed by atoms with van der Waals surface area (Å²) in [7, 11) is 1.85. The smallest absolute Gasteiger partial charge is 0.231 e. The monoisotopic (exact) mass is 312 g/mol. The summed E-state index contributed by atoms with van der Waals surface area (Å²) in [4.78, 5) is 17.4. The second-order valence-corrected chi connectivity index (χ2v) is 6.45. The first-order valence-electron chi connectivity index (χ1n) is 8.34. The molecule has 1 amide bonds. The number of benzene rings is 1. The lowest BCUT2D eigenvalue weighted by molar-refractivity contribution is -0.128. The van der Waals surface area contributed by atoms with Gasteiger partial charge in [-0.3, -0.25) is 9.48 Å². The maximum Gasteiger partial charge on any atom is 0.231 e. The zero-order valence-electron chi connectivity index (χ0n) is 13.8. The Morgan fingerprint density at radius 2 is 1.91 bits per heavy atom. The highest BCUT2D eigenvalue weighted by Crippen LogP contribution is 2.40. The van der Waals surface area contributed by atoms with Crippen LogP contribution >= 0.6 is 0 Å². The van der Waals surface area contributed by atoms with Crippen LogP contribution in [0.15, 0.2) is 36.7 Å². The fraction of sp³-hybridized carbons (Fsp3) is 0.500. The quantitative estimate of drug-likeness (QED) is 0.944. The molecule has 1 saturated carbocycles. The van der Waals surface area contributed by atoms with Crippen molar-refractivity contribution in [1.82, 2.24) is 20.1 Å². The van der Waals surface area contributed by atoms with Gasteiger partial charge in [0, 0.05) is 7.05 Å². The summed E-state index contributed by atoms with van der Waals surface area (Å²) in [5.74, 6) is 0.885. The summed E-state index contributed by atoms with van der Waals surface area (Å²) >= 11 is 0. The van der Waals surface area contributed by atoms with E-state index in [2.05, 4.69) is 27.5 Å². The molecule has 2 aromatic rings. The Kier molecular flexibility index (Phi) is 4.46. The predicted molar refractivity (Wildman–Crippen MR) is 88.8 cm³/mol. The van der Waals surface area contributed by atoms with Crippen molar-refractivity contribution < 1.29 is 4.79 Å². The van der Waals surface area contributed by atoms with E-state index in [1.807, 2.05) is 32.2 Å². The van der Waals surface area contributed by atoms with Crippen molar-refractivity contribution in [2.24, 2.45) is 7.05 Å². The van der Waals surface area contributed by atoms with E-state index in [0.29, 0.717) is 0 Å². The highest BCUT2D eigenvalue weighted by Gasteiger charge is 2.41. The Bertz CT molecular complexity index is 659. The zero-order valence-corrected chi connectivity index (χ0v) is 13.8. The maximum atomic E-state index is 13.2. The number of nitrogens with one attached hydrogen (secondary N) is 1. The number of rotatable bonds is 4. The van der Waals surface area contributed by atoms with E-state index in [1.165, 1.54) is 12.7 Å². The topological polar surface area (TPSA) is 59.8 Å². The van der Waals surface area contributed by atoms with Gasteiger partial charge >= 0.3 is 0 Å². The number of hydrogen-bond acceptors (Lipinski definition) is 3. The van der Waals surface area contributed by atoms with Crippen LogP contribution < -0.4 is 5.32 Å². The molecule has 5 nitrogen and oxygen atoms in total. The van der Waals surface area contributed by atoms with Crippen LogP contribution in [0.1, 0.15) is 56.5 Å². The third-order valence-corrected chi connectivity index (χ3v) is 4.95. The third-order valence-electron chi connectivity index (χ3n) is 4.95. The third kappa shape index (κ3) is 3.00. The van der Waals surface area contributed by atoms with E-state index in [0.717, 1.165) is 37.1 Å². The van der Waals surface area contributed by atoms with E-state index >= 15 is 0 Å². The van der Waals surface area contributed by atoms with Gasteiger partial charge in [0.2, 0.25) is 5.91 Å². The predicted octanol–water partition coefficient (Wildman–Crippen LogP) is 2.89. The number of amides is 1. The van der Waals surface area contributed by atoms with Gasteiger partial charge in [-0.25, -0.2) is 4.98 Å². The lowest BCUT2D eigenvalue weighted by Crippen LogP contribution is -2.46. The minimum atomic E-state index is -0.410. The minimum absolute atomic E-state index is 0.110. The first-order valence-corrected chi connectivity index (χ1v) is 8.34. The number of carbonyl (C=O) groups is 1. The molecular weight excluding hydrogens is 288 g/mol. The van der Waals surface area contributed by atoms with Crippen molar-refractivity contribution >= 4 is 5.91 Å². The maximum absolute atomic E-state index is 13.2. The fourth-order valence-electron chi connectivity index (χ4n) is 3.66. The number of hydrogen-bond donors (Lipinski definition) is 1. The Balaban J connectivity index is 1.85. The molecule has 0 saturated heterocycles. The van der Waals surface area contributed by atoms with E-state index < -0.39 is 5.41 Å². The molecule has 0 aliphatic heterocycles. The fourth-order valence-corrected chi connectivity index (χ4v) is 3.66. The molecule has 5 heteroatoms. The summed E-state index contributed by atoms with van der Waals surface area (Å²) < 4.78 is 1.71. The van der Waals surface area contributed by atoms with Crippen molar-refractivity contribution in [1.29, 1.82) is 0 Å². The van der Waals surface area contributed by atoms with Crippen LogP contribution in [-0.4, -0.2) is 20.7 Å². The highest BCUT2D eigenvalue weighted by molar-refractivity contribution is 5.88. The number of nitrogens with zero attached hydrogens (tertiary/aromatic N) is 3. The van der Waals surface area contributed by atoms with Gasteiger partial charge in [-0.15, -0.1) is 0 Å². The summed E-state index contributed by atoms with van der Waals surface area (Å²) in [5, 5.41) is 7.26. The molecule has 1 N–H and O–H groups in total. The molecule has 1 atom stereocenters. The molecule has 1 unspecified atom stereocenters. The average Bonchev–Trinajstić information content (AvgIpc) is 3.02. The normalized spacial score (nSPS) is 18.3. The molecule has 3 rings (SSSR count). The molecule has 1 fully saturated rings. The molecule has 1 aromatic carbocycles. The molecule has 1 heterocycles. The molecular formula is C18H24N4O. The van der Waals surface area contributed by atoms with Crippen molar-refractivity contribution in [2.45, 2.75) is 50.5 Å². The molecule has 1 aliphatic rings. The van der Waals surface area contributed by atoms with Crippen LogP contribution in [0.25, 0.3) is 0 Å². The molecule has 122 valence electrons. The second-order valence-electron chi connectivity index (χ2n) is 6.45. The Morgan fingerprint density at radius 1 is 1.22 bits per heavy atom. The Labute approximate surface area is 137 Å². The van der Waals surface area contributed by atoms with Gasteiger partial charge in [-0.2, -0.15) is 5.10 Å². The van der Waals surface area contributed by atoms with Gasteiger partial charge in [0.15, 0.2) is 0 Å². The molecule has 1 aliphatic carbocycles. The van der Waals surface area contributed by atoms with Crippen LogP contribution in [0.4, 0.5) is 0 Å². The van der Waals surface area contributed by atoms with Crippen molar-refractivity contribution in [3.8, 4) is 0 Å². The lowest BCUT2D eigenvalue weighted by Gasteiger charge is -2.37. The minimum Gasteiger partial charge on any atom is -0.346 e. The lowest BCUT2D eigenvalue weighted by atomic mass is 9.68. The van der Waals surface area contributed by atoms with Crippen LogP contribution in [0.2, 0.25) is 0 Å². The van der Waals surface area contributed by atoms with Crippen LogP contribution in [0.3, 0.4) is 0 Å². The summed E-state index contributed by atoms with van der Waals surface area (Å²) in [5.41, 5.74) is 0.717. The van der Waals surface area contributed by atoms with Crippen LogP contribution in [0.5, 0.6) is 0 Å². The SMILES string of the molecule is CC(NC(=O)C1(c2ccccc2)CCCCC1)c1ncnn1C. The summed E-state index contributed by atoms with van der Waals surface area (Å²) in [6, 6.07) is 10.0. The molecule has 0 bridgehead atoms. The number of carbonyl (C=O) groups excluding carboxylic acids is 1. The summed E-state index contributed by atoms with van der Waals surface area (Å²) in [6.07, 6.45) is 6.75. The van der Waals surface area contributed by atoms with Gasteiger partial charge in [0.1, 0.15) is 12.2 Å². The van der Waals surface area contributed by atoms with E-state index in [9.17, 15) is 4.79 Å². The molecule has 1 aromatic heterocycles. The van der Waals surface area contributed by atoms with Crippen LogP contribution in [0, 0.1) is 0 Å². The van der Waals surface area contributed by atoms with Gasteiger partial charge in [0.25, 0.3) is 0 Å². The standard InChI is InChI=1S/C18H24N4O/c1-14(16-19-13-20-22(16)2)21-17(23)18(11-7-4-8-12-18)15-9-5-3-6-10-15/h3,5-6,9-10,13-14H,4,7-8,11-12H2,1-2H3,(H,21,23). The van der Waals surface area contributed by atoms with E-state index in [4.69, 9.17) is 0 Å². The van der Waals surface area contributed by atoms with Gasteiger partial charge in [-0.1, -0.05) is 49.6 Å². The zero-order chi connectivity index (χ0) is 16.3. The van der Waals surface area contributed by atoms with Gasteiger partial charge < -0.3 is 5.32 Å².